The van der Waals surface area contributed by atoms with Crippen LogP contribution in [0.2, 0.25) is 5.02 Å². The number of pyridine rings is 1. The molecule has 2 fully saturated rings. The second kappa shape index (κ2) is 12.7. The maximum Gasteiger partial charge on any atom is 0.176 e. The number of nitrogens with one attached hydrogen (secondary N) is 1. The van der Waals surface area contributed by atoms with Gasteiger partial charge in [0.2, 0.25) is 0 Å². The zero-order chi connectivity index (χ0) is 26.8. The predicted octanol–water partition coefficient (Wildman–Crippen LogP) is 6.11. The number of aromatic hydroxyl groups is 1. The number of rotatable bonds is 7. The van der Waals surface area contributed by atoms with Gasteiger partial charge in [0.1, 0.15) is 0 Å². The Morgan fingerprint density at radius 1 is 1.10 bits per heavy atom. The molecule has 2 N–H and O–H groups in total. The van der Waals surface area contributed by atoms with E-state index in [-0.39, 0.29) is 29.0 Å². The van der Waals surface area contributed by atoms with Crippen LogP contribution in [-0.4, -0.2) is 78.6 Å². The minimum atomic E-state index is -0.0789. The fourth-order valence-corrected chi connectivity index (χ4v) is 5.99. The number of phenolic OH excluding ortho intramolecular Hbond substituents is 1. The van der Waals surface area contributed by atoms with E-state index in [0.29, 0.717) is 17.4 Å². The molecule has 0 unspecified atom stereocenters. The summed E-state index contributed by atoms with van der Waals surface area (Å²) in [5.74, 6) is 0.962. The van der Waals surface area contributed by atoms with Crippen molar-refractivity contribution in [2.45, 2.75) is 38.6 Å². The molecule has 0 bridgehead atoms. The lowest BCUT2D eigenvalue weighted by atomic mass is 9.85. The zero-order valence-corrected chi connectivity index (χ0v) is 24.4. The first-order valence-electron chi connectivity index (χ1n) is 13.5. The number of aromatic nitrogens is 1. The molecule has 2 aliphatic rings. The summed E-state index contributed by atoms with van der Waals surface area (Å²) in [6.45, 7) is 7.44. The molecule has 2 heterocycles. The first-order valence-corrected chi connectivity index (χ1v) is 13.9. The van der Waals surface area contributed by atoms with E-state index in [1.807, 2.05) is 18.2 Å². The number of likely N-dealkylation sites (N-methyl/N-ethyl adjacent to an activating group) is 1. The van der Waals surface area contributed by atoms with Gasteiger partial charge in [0.15, 0.2) is 17.3 Å². The Hall–Kier alpha value is -2.58. The Kier molecular flexibility index (Phi) is 9.60. The third kappa shape index (κ3) is 6.60. The normalized spacial score (nSPS) is 20.4. The number of benzene rings is 2. The van der Waals surface area contributed by atoms with Crippen molar-refractivity contribution < 1.29 is 14.6 Å². The number of fused-ring (bicyclic) bond motifs is 1. The molecule has 2 aromatic carbocycles. The molecule has 1 aromatic heterocycles. The van der Waals surface area contributed by atoms with Gasteiger partial charge in [0, 0.05) is 50.3 Å². The van der Waals surface area contributed by atoms with Gasteiger partial charge in [0.25, 0.3) is 0 Å². The molecular formula is C30H38Cl2N4O3. The summed E-state index contributed by atoms with van der Waals surface area (Å²) in [4.78, 5) is 22.2. The Morgan fingerprint density at radius 3 is 2.49 bits per heavy atom. The highest BCUT2D eigenvalue weighted by Gasteiger charge is 2.26. The van der Waals surface area contributed by atoms with Crippen LogP contribution in [0.1, 0.15) is 43.0 Å². The molecule has 1 saturated heterocycles. The molecule has 39 heavy (non-hydrogen) atoms. The van der Waals surface area contributed by atoms with Gasteiger partial charge in [0.05, 0.1) is 28.9 Å². The lowest BCUT2D eigenvalue weighted by Crippen LogP contribution is -2.46. The largest absolute Gasteiger partial charge is 0.503 e. The van der Waals surface area contributed by atoms with Crippen molar-refractivity contribution in [2.24, 2.45) is 5.92 Å². The molecule has 1 aliphatic carbocycles. The number of methoxy groups -OCH3 is 1. The highest BCUT2D eigenvalue weighted by atomic mass is 35.5. The Balaban J connectivity index is 0.00000353. The number of ether oxygens (including phenoxy) is 1. The fourth-order valence-electron chi connectivity index (χ4n) is 5.78. The van der Waals surface area contributed by atoms with Gasteiger partial charge in [-0.15, -0.1) is 12.4 Å². The second-order valence-electron chi connectivity index (χ2n) is 10.8. The molecule has 1 saturated carbocycles. The average Bonchev–Trinajstić information content (AvgIpc) is 2.92. The first-order chi connectivity index (χ1) is 18.3. The number of Topliss-reactive ketones (excluding diaryl/α,β-unsaturated/α-hetero) is 1. The molecule has 3 aromatic rings. The monoisotopic (exact) mass is 572 g/mol. The smallest absolute Gasteiger partial charge is 0.176 e. The van der Waals surface area contributed by atoms with E-state index in [0.717, 1.165) is 59.6 Å². The van der Waals surface area contributed by atoms with Crippen LogP contribution in [0, 0.1) is 5.92 Å². The van der Waals surface area contributed by atoms with Crippen molar-refractivity contribution >= 4 is 46.4 Å². The average molecular weight is 574 g/mol. The predicted molar refractivity (Wildman–Crippen MR) is 161 cm³/mol. The molecule has 9 heteroatoms. The van der Waals surface area contributed by atoms with Crippen LogP contribution in [0.3, 0.4) is 0 Å². The molecule has 1 aliphatic heterocycles. The van der Waals surface area contributed by atoms with Gasteiger partial charge in [-0.1, -0.05) is 17.7 Å². The quantitative estimate of drug-likeness (QED) is 0.330. The maximum atomic E-state index is 12.6. The van der Waals surface area contributed by atoms with Gasteiger partial charge in [-0.05, 0) is 81.0 Å². The van der Waals surface area contributed by atoms with Crippen LogP contribution in [0.4, 0.5) is 5.69 Å². The lowest BCUT2D eigenvalue weighted by molar-refractivity contribution is 0.101. The van der Waals surface area contributed by atoms with E-state index in [2.05, 4.69) is 27.1 Å². The lowest BCUT2D eigenvalue weighted by Gasteiger charge is -2.37. The standard InChI is InChI=1S/C30H37ClN4O3.ClH/c1-19(36)25-17-32-27-9-6-21(22-15-26(31)30(37)28(16-22)38-3)14-24(27)29(25)33-23-7-4-20(5-8-23)18-35-12-10-34(2)11-13-35;/h6,9,14-17,20,23,37H,4-5,7-8,10-13,18H2,1-3H3,(H,32,33);1H/t20-,23-;. The van der Waals surface area contributed by atoms with Gasteiger partial charge in [-0.3, -0.25) is 9.78 Å². The fraction of sp³-hybridized carbons (Fsp3) is 0.467. The van der Waals surface area contributed by atoms with Crippen molar-refractivity contribution in [2.75, 3.05) is 52.2 Å². The van der Waals surface area contributed by atoms with Crippen LogP contribution < -0.4 is 10.1 Å². The van der Waals surface area contributed by atoms with Crippen LogP contribution in [0.5, 0.6) is 11.5 Å². The Labute approximate surface area is 241 Å². The summed E-state index contributed by atoms with van der Waals surface area (Å²) >= 11 is 6.27. The van der Waals surface area contributed by atoms with E-state index in [9.17, 15) is 9.90 Å². The molecule has 210 valence electrons. The van der Waals surface area contributed by atoms with Gasteiger partial charge < -0.3 is 25.0 Å². The second-order valence-corrected chi connectivity index (χ2v) is 11.2. The van der Waals surface area contributed by atoms with E-state index in [1.54, 1.807) is 25.3 Å². The van der Waals surface area contributed by atoms with Gasteiger partial charge in [-0.2, -0.15) is 0 Å². The van der Waals surface area contributed by atoms with Crippen molar-refractivity contribution in [3.63, 3.8) is 0 Å². The molecule has 0 spiro atoms. The number of ketones is 1. The highest BCUT2D eigenvalue weighted by Crippen LogP contribution is 2.40. The number of nitrogens with zero attached hydrogens (tertiary/aromatic N) is 3. The third-order valence-electron chi connectivity index (χ3n) is 8.14. The summed E-state index contributed by atoms with van der Waals surface area (Å²) < 4.78 is 5.30. The summed E-state index contributed by atoms with van der Waals surface area (Å²) in [6, 6.07) is 9.77. The van der Waals surface area contributed by atoms with E-state index in [4.69, 9.17) is 16.3 Å². The number of halogens is 2. The van der Waals surface area contributed by atoms with Crippen LogP contribution >= 0.6 is 24.0 Å². The number of anilines is 1. The number of hydrogen-bond acceptors (Lipinski definition) is 7. The first kappa shape index (κ1) is 29.4. The number of carbonyl (C=O) groups excluding carboxylic acids is 1. The Bertz CT molecular complexity index is 1320. The minimum Gasteiger partial charge on any atom is -0.503 e. The molecule has 0 amide bonds. The Morgan fingerprint density at radius 2 is 1.82 bits per heavy atom. The summed E-state index contributed by atoms with van der Waals surface area (Å²) in [7, 11) is 3.70. The molecule has 0 atom stereocenters. The van der Waals surface area contributed by atoms with E-state index < -0.39 is 0 Å². The number of hydrogen-bond donors (Lipinski definition) is 2. The molecule has 0 radical (unpaired) electrons. The topological polar surface area (TPSA) is 77.9 Å². The van der Waals surface area contributed by atoms with Crippen LogP contribution in [-0.2, 0) is 0 Å². The van der Waals surface area contributed by atoms with Gasteiger partial charge >= 0.3 is 0 Å². The molecule has 5 rings (SSSR count). The van der Waals surface area contributed by atoms with Gasteiger partial charge in [-0.25, -0.2) is 0 Å². The highest BCUT2D eigenvalue weighted by molar-refractivity contribution is 6.32. The third-order valence-corrected chi connectivity index (χ3v) is 8.42. The van der Waals surface area contributed by atoms with Crippen molar-refractivity contribution in [3.8, 4) is 22.6 Å². The molecule has 7 nitrogen and oxygen atoms in total. The maximum absolute atomic E-state index is 12.6. The SMILES string of the molecule is COc1cc(-c2ccc3ncc(C(C)=O)c(N[C@H]4CC[C@H](CN5CCN(C)CC5)CC4)c3c2)cc(Cl)c1O.Cl. The van der Waals surface area contributed by atoms with Crippen LogP contribution in [0.15, 0.2) is 36.5 Å². The van der Waals surface area contributed by atoms with Crippen molar-refractivity contribution in [1.82, 2.24) is 14.8 Å². The number of piperazine rings is 1. The number of phenols is 1. The summed E-state index contributed by atoms with van der Waals surface area (Å²) in [6.07, 6.45) is 6.25. The summed E-state index contributed by atoms with van der Waals surface area (Å²) in [5, 5.41) is 15.0. The zero-order valence-electron chi connectivity index (χ0n) is 22.9. The van der Waals surface area contributed by atoms with E-state index in [1.165, 1.54) is 39.6 Å². The minimum absolute atomic E-state index is 0. The molecular weight excluding hydrogens is 535 g/mol. The van der Waals surface area contributed by atoms with Crippen LogP contribution in [0.25, 0.3) is 22.0 Å². The summed E-state index contributed by atoms with van der Waals surface area (Å²) in [5.41, 5.74) is 4.00. The van der Waals surface area contributed by atoms with Crippen molar-refractivity contribution in [3.05, 3.63) is 47.1 Å². The number of carbonyl (C=O) groups is 1. The van der Waals surface area contributed by atoms with E-state index >= 15 is 0 Å². The van der Waals surface area contributed by atoms with Crippen molar-refractivity contribution in [1.29, 1.82) is 0 Å².